The van der Waals surface area contributed by atoms with E-state index in [1.807, 2.05) is 18.2 Å². The van der Waals surface area contributed by atoms with E-state index in [-0.39, 0.29) is 5.82 Å². The first kappa shape index (κ1) is 14.6. The summed E-state index contributed by atoms with van der Waals surface area (Å²) in [6.07, 6.45) is 2.65. The van der Waals surface area contributed by atoms with Gasteiger partial charge in [-0.25, -0.2) is 4.39 Å². The molecule has 0 saturated carbocycles. The highest BCUT2D eigenvalue weighted by molar-refractivity contribution is 9.11. The van der Waals surface area contributed by atoms with E-state index in [2.05, 4.69) is 42.2 Å². The second kappa shape index (κ2) is 7.12. The maximum absolute atomic E-state index is 12.7. The summed E-state index contributed by atoms with van der Waals surface area (Å²) in [5.74, 6) is -0.195. The van der Waals surface area contributed by atoms with E-state index in [9.17, 15) is 4.39 Å². The normalized spacial score (nSPS) is 10.7. The predicted octanol–water partition coefficient (Wildman–Crippen LogP) is 4.08. The third kappa shape index (κ3) is 4.67. The van der Waals surface area contributed by atoms with Crippen molar-refractivity contribution in [2.45, 2.75) is 13.0 Å². The first-order valence-corrected chi connectivity index (χ1v) is 7.49. The highest BCUT2D eigenvalue weighted by Gasteiger charge is 2.02. The zero-order valence-electron chi connectivity index (χ0n) is 10.2. The molecule has 100 valence electrons. The molecule has 0 spiro atoms. The van der Waals surface area contributed by atoms with Crippen LogP contribution in [0.25, 0.3) is 0 Å². The molecule has 0 unspecified atom stereocenters. The lowest BCUT2D eigenvalue weighted by Crippen LogP contribution is -2.17. The van der Waals surface area contributed by atoms with Crippen LogP contribution in [0.2, 0.25) is 0 Å². The lowest BCUT2D eigenvalue weighted by atomic mass is 10.1. The number of hydrogen-bond donors (Lipinski definition) is 1. The number of nitrogens with one attached hydrogen (secondary N) is 1. The number of hydrogen-bond acceptors (Lipinski definition) is 2. The molecule has 2 nitrogen and oxygen atoms in total. The lowest BCUT2D eigenvalue weighted by molar-refractivity contribution is 0.625. The van der Waals surface area contributed by atoms with E-state index in [0.29, 0.717) is 6.54 Å². The second-order valence-corrected chi connectivity index (χ2v) is 5.91. The van der Waals surface area contributed by atoms with Crippen molar-refractivity contribution >= 4 is 31.9 Å². The number of halogens is 3. The van der Waals surface area contributed by atoms with Crippen molar-refractivity contribution in [1.29, 1.82) is 0 Å². The highest BCUT2D eigenvalue weighted by Crippen LogP contribution is 2.19. The van der Waals surface area contributed by atoms with Crippen LogP contribution >= 0.6 is 31.9 Å². The zero-order chi connectivity index (χ0) is 13.7. The van der Waals surface area contributed by atoms with Gasteiger partial charge in [0, 0.05) is 21.7 Å². The van der Waals surface area contributed by atoms with Crippen molar-refractivity contribution in [3.63, 3.8) is 0 Å². The SMILES string of the molecule is Fc1ccc(CCNCc2ncc(Br)cc2Br)cc1. The first-order chi connectivity index (χ1) is 9.15. The molecule has 0 aliphatic heterocycles. The number of rotatable bonds is 5. The van der Waals surface area contributed by atoms with Crippen molar-refractivity contribution in [2.75, 3.05) is 6.54 Å². The van der Waals surface area contributed by atoms with E-state index in [0.717, 1.165) is 33.2 Å². The molecule has 0 radical (unpaired) electrons. The summed E-state index contributed by atoms with van der Waals surface area (Å²) in [7, 11) is 0. The summed E-state index contributed by atoms with van der Waals surface area (Å²) in [5, 5.41) is 3.32. The monoisotopic (exact) mass is 386 g/mol. The zero-order valence-corrected chi connectivity index (χ0v) is 13.3. The maximum atomic E-state index is 12.7. The Bertz CT molecular complexity index is 544. The van der Waals surface area contributed by atoms with E-state index in [4.69, 9.17) is 0 Å². The number of benzene rings is 1. The quantitative estimate of drug-likeness (QED) is 0.782. The minimum Gasteiger partial charge on any atom is -0.311 e. The summed E-state index contributed by atoms with van der Waals surface area (Å²) in [6.45, 7) is 1.53. The molecule has 0 saturated heterocycles. The van der Waals surface area contributed by atoms with Gasteiger partial charge in [0.25, 0.3) is 0 Å². The smallest absolute Gasteiger partial charge is 0.123 e. The van der Waals surface area contributed by atoms with Crippen molar-refractivity contribution < 1.29 is 4.39 Å². The molecular formula is C14H13Br2FN2. The summed E-state index contributed by atoms with van der Waals surface area (Å²) in [6, 6.07) is 8.57. The van der Waals surface area contributed by atoms with Gasteiger partial charge in [-0.3, -0.25) is 4.98 Å². The summed E-state index contributed by atoms with van der Waals surface area (Å²) in [5.41, 5.74) is 2.10. The Morgan fingerprint density at radius 1 is 1.16 bits per heavy atom. The highest BCUT2D eigenvalue weighted by atomic mass is 79.9. The van der Waals surface area contributed by atoms with Crippen molar-refractivity contribution in [2.24, 2.45) is 0 Å². The molecule has 0 atom stereocenters. The fourth-order valence-electron chi connectivity index (χ4n) is 1.66. The van der Waals surface area contributed by atoms with Gasteiger partial charge in [0.15, 0.2) is 0 Å². The van der Waals surface area contributed by atoms with E-state index >= 15 is 0 Å². The Labute approximate surface area is 128 Å². The molecule has 0 amide bonds. The van der Waals surface area contributed by atoms with Crippen LogP contribution < -0.4 is 5.32 Å². The molecule has 1 aromatic heterocycles. The largest absolute Gasteiger partial charge is 0.311 e. The van der Waals surface area contributed by atoms with Crippen LogP contribution in [0.1, 0.15) is 11.3 Å². The van der Waals surface area contributed by atoms with Crippen LogP contribution in [0.5, 0.6) is 0 Å². The molecule has 0 fully saturated rings. The van der Waals surface area contributed by atoms with Gasteiger partial charge in [0.05, 0.1) is 5.69 Å². The van der Waals surface area contributed by atoms with Crippen LogP contribution in [0.4, 0.5) is 4.39 Å². The van der Waals surface area contributed by atoms with Crippen LogP contribution in [-0.4, -0.2) is 11.5 Å². The van der Waals surface area contributed by atoms with Gasteiger partial charge in [-0.05, 0) is 68.6 Å². The molecule has 2 rings (SSSR count). The molecule has 1 heterocycles. The fourth-order valence-corrected chi connectivity index (χ4v) is 2.79. The van der Waals surface area contributed by atoms with Crippen LogP contribution in [0, 0.1) is 5.82 Å². The van der Waals surface area contributed by atoms with Crippen LogP contribution in [0.3, 0.4) is 0 Å². The first-order valence-electron chi connectivity index (χ1n) is 5.90. The molecule has 0 aliphatic rings. The Hall–Kier alpha value is -0.780. The molecule has 19 heavy (non-hydrogen) atoms. The molecular weight excluding hydrogens is 375 g/mol. The Balaban J connectivity index is 1.79. The maximum Gasteiger partial charge on any atom is 0.123 e. The van der Waals surface area contributed by atoms with Crippen LogP contribution in [-0.2, 0) is 13.0 Å². The predicted molar refractivity (Wildman–Crippen MR) is 81.4 cm³/mol. The summed E-state index contributed by atoms with van der Waals surface area (Å²) >= 11 is 6.85. The third-order valence-corrected chi connectivity index (χ3v) is 3.80. The Kier molecular flexibility index (Phi) is 5.48. The summed E-state index contributed by atoms with van der Waals surface area (Å²) < 4.78 is 14.7. The van der Waals surface area contributed by atoms with Gasteiger partial charge >= 0.3 is 0 Å². The number of aromatic nitrogens is 1. The van der Waals surface area contributed by atoms with Gasteiger partial charge < -0.3 is 5.32 Å². The van der Waals surface area contributed by atoms with E-state index in [1.54, 1.807) is 6.20 Å². The topological polar surface area (TPSA) is 24.9 Å². The average molecular weight is 388 g/mol. The van der Waals surface area contributed by atoms with Gasteiger partial charge in [-0.1, -0.05) is 12.1 Å². The number of pyridine rings is 1. The van der Waals surface area contributed by atoms with Gasteiger partial charge in [0.1, 0.15) is 5.82 Å². The van der Waals surface area contributed by atoms with E-state index in [1.165, 1.54) is 12.1 Å². The molecule has 5 heteroatoms. The van der Waals surface area contributed by atoms with Gasteiger partial charge in [0.2, 0.25) is 0 Å². The molecule has 0 aliphatic carbocycles. The Morgan fingerprint density at radius 3 is 2.58 bits per heavy atom. The third-order valence-electron chi connectivity index (χ3n) is 2.68. The van der Waals surface area contributed by atoms with Crippen molar-refractivity contribution in [3.05, 3.63) is 62.5 Å². The van der Waals surface area contributed by atoms with Crippen LogP contribution in [0.15, 0.2) is 45.5 Å². The van der Waals surface area contributed by atoms with E-state index < -0.39 is 0 Å². The minimum atomic E-state index is -0.195. The molecule has 1 aromatic carbocycles. The average Bonchev–Trinajstić information content (AvgIpc) is 2.39. The molecule has 1 N–H and O–H groups in total. The van der Waals surface area contributed by atoms with Gasteiger partial charge in [-0.2, -0.15) is 0 Å². The second-order valence-electron chi connectivity index (χ2n) is 4.14. The summed E-state index contributed by atoms with van der Waals surface area (Å²) in [4.78, 5) is 4.33. The standard InChI is InChI=1S/C14H13Br2FN2/c15-11-7-13(16)14(19-8-11)9-18-6-5-10-1-3-12(17)4-2-10/h1-4,7-8,18H,5-6,9H2. The number of nitrogens with zero attached hydrogens (tertiary/aromatic N) is 1. The van der Waals surface area contributed by atoms with Crippen molar-refractivity contribution in [3.8, 4) is 0 Å². The molecule has 2 aromatic rings. The van der Waals surface area contributed by atoms with Crippen molar-refractivity contribution in [1.82, 2.24) is 10.3 Å². The van der Waals surface area contributed by atoms with Gasteiger partial charge in [-0.15, -0.1) is 0 Å². The fraction of sp³-hybridized carbons (Fsp3) is 0.214. The lowest BCUT2D eigenvalue weighted by Gasteiger charge is -2.06. The minimum absolute atomic E-state index is 0.195. The molecule has 0 bridgehead atoms. The Morgan fingerprint density at radius 2 is 1.89 bits per heavy atom.